The average Bonchev–Trinajstić information content (AvgIpc) is 3.59. The number of rotatable bonds is 7. The van der Waals surface area contributed by atoms with Gasteiger partial charge in [-0.25, -0.2) is 0 Å². The van der Waals surface area contributed by atoms with E-state index in [1.807, 2.05) is 37.4 Å². The molecule has 2 aliphatic rings. The SMILES string of the molecule is Cc1cc(N2CCc3ccc(C(=O)N[C@@H](CC4CCCC4)C(=O)Nc4cnn(C)c4)cc32)ccn1. The summed E-state index contributed by atoms with van der Waals surface area (Å²) in [6, 6.07) is 9.29. The third-order valence-electron chi connectivity index (χ3n) is 7.07. The minimum absolute atomic E-state index is 0.201. The van der Waals surface area contributed by atoms with Gasteiger partial charge in [0.05, 0.1) is 11.9 Å². The molecule has 1 fully saturated rings. The van der Waals surface area contributed by atoms with Gasteiger partial charge in [-0.3, -0.25) is 19.3 Å². The first kappa shape index (κ1) is 23.1. The minimum atomic E-state index is -0.599. The molecule has 2 amide bonds. The second kappa shape index (κ2) is 9.90. The summed E-state index contributed by atoms with van der Waals surface area (Å²) < 4.78 is 1.64. The van der Waals surface area contributed by atoms with Gasteiger partial charge < -0.3 is 15.5 Å². The lowest BCUT2D eigenvalue weighted by molar-refractivity contribution is -0.118. The molecular formula is C27H32N6O2. The fraction of sp³-hybridized carbons (Fsp3) is 0.407. The summed E-state index contributed by atoms with van der Waals surface area (Å²) in [5.41, 5.74) is 5.47. The highest BCUT2D eigenvalue weighted by atomic mass is 16.2. The van der Waals surface area contributed by atoms with Crippen LogP contribution in [0.4, 0.5) is 17.1 Å². The van der Waals surface area contributed by atoms with Crippen molar-refractivity contribution in [2.45, 2.75) is 51.5 Å². The molecule has 182 valence electrons. The van der Waals surface area contributed by atoms with Crippen LogP contribution in [-0.4, -0.2) is 39.2 Å². The first-order valence-corrected chi connectivity index (χ1v) is 12.4. The average molecular weight is 473 g/mol. The largest absolute Gasteiger partial charge is 0.341 e. The number of carbonyl (C=O) groups excluding carboxylic acids is 2. The van der Waals surface area contributed by atoms with Gasteiger partial charge in [0.15, 0.2) is 0 Å². The van der Waals surface area contributed by atoms with Crippen LogP contribution < -0.4 is 15.5 Å². The van der Waals surface area contributed by atoms with Crippen molar-refractivity contribution in [3.63, 3.8) is 0 Å². The highest BCUT2D eigenvalue weighted by Gasteiger charge is 2.28. The van der Waals surface area contributed by atoms with Crippen molar-refractivity contribution in [2.24, 2.45) is 13.0 Å². The van der Waals surface area contributed by atoms with Gasteiger partial charge in [-0.2, -0.15) is 5.10 Å². The Morgan fingerprint density at radius 2 is 2.00 bits per heavy atom. The zero-order valence-electron chi connectivity index (χ0n) is 20.3. The molecule has 1 saturated carbocycles. The summed E-state index contributed by atoms with van der Waals surface area (Å²) in [6.45, 7) is 2.84. The van der Waals surface area contributed by atoms with Crippen molar-refractivity contribution in [2.75, 3.05) is 16.8 Å². The first-order chi connectivity index (χ1) is 17.0. The van der Waals surface area contributed by atoms with Gasteiger partial charge in [-0.15, -0.1) is 0 Å². The summed E-state index contributed by atoms with van der Waals surface area (Å²) in [7, 11) is 1.80. The van der Waals surface area contributed by atoms with Gasteiger partial charge in [0.25, 0.3) is 5.91 Å². The summed E-state index contributed by atoms with van der Waals surface area (Å²) in [5.74, 6) is 0.0218. The smallest absolute Gasteiger partial charge is 0.252 e. The monoisotopic (exact) mass is 472 g/mol. The standard InChI is InChI=1S/C27H32N6O2/c1-18-13-23(9-11-28-18)33-12-10-20-7-8-21(15-25(20)33)26(34)31-24(14-19-5-3-4-6-19)27(35)30-22-16-29-32(2)17-22/h7-9,11,13,15-17,19,24H,3-6,10,12,14H2,1-2H3,(H,30,35)(H,31,34)/t24-/m0/s1. The predicted molar refractivity (Wildman–Crippen MR) is 136 cm³/mol. The van der Waals surface area contributed by atoms with Crippen molar-refractivity contribution in [3.05, 3.63) is 65.7 Å². The van der Waals surface area contributed by atoms with Crippen molar-refractivity contribution in [1.82, 2.24) is 20.1 Å². The number of aromatic nitrogens is 3. The molecular weight excluding hydrogens is 440 g/mol. The zero-order valence-corrected chi connectivity index (χ0v) is 20.3. The van der Waals surface area contributed by atoms with Crippen LogP contribution in [0.3, 0.4) is 0 Å². The summed E-state index contributed by atoms with van der Waals surface area (Å²) in [6.07, 6.45) is 11.3. The van der Waals surface area contributed by atoms with Crippen molar-refractivity contribution < 1.29 is 9.59 Å². The van der Waals surface area contributed by atoms with Crippen molar-refractivity contribution in [3.8, 4) is 0 Å². The second-order valence-corrected chi connectivity index (χ2v) is 9.70. The van der Waals surface area contributed by atoms with Crippen molar-refractivity contribution >= 4 is 28.9 Å². The Kier molecular flexibility index (Phi) is 6.53. The molecule has 1 atom stereocenters. The first-order valence-electron chi connectivity index (χ1n) is 12.4. The van der Waals surface area contributed by atoms with Crippen LogP contribution in [0.15, 0.2) is 48.9 Å². The Morgan fingerprint density at radius 1 is 1.17 bits per heavy atom. The maximum atomic E-state index is 13.4. The lowest BCUT2D eigenvalue weighted by atomic mass is 9.97. The molecule has 0 unspecified atom stereocenters. The number of nitrogens with zero attached hydrogens (tertiary/aromatic N) is 4. The molecule has 8 nitrogen and oxygen atoms in total. The van der Waals surface area contributed by atoms with Gasteiger partial charge in [-0.1, -0.05) is 31.7 Å². The molecule has 8 heteroatoms. The molecule has 0 saturated heterocycles. The van der Waals surface area contributed by atoms with Crippen LogP contribution in [0.5, 0.6) is 0 Å². The van der Waals surface area contributed by atoms with E-state index in [4.69, 9.17) is 0 Å². The fourth-order valence-corrected chi connectivity index (χ4v) is 5.25. The molecule has 1 aromatic carbocycles. The van der Waals surface area contributed by atoms with E-state index >= 15 is 0 Å². The lowest BCUT2D eigenvalue weighted by Crippen LogP contribution is -2.44. The van der Waals surface area contributed by atoms with E-state index in [-0.39, 0.29) is 11.8 Å². The van der Waals surface area contributed by atoms with Gasteiger partial charge in [0.1, 0.15) is 6.04 Å². The number of amides is 2. The van der Waals surface area contributed by atoms with E-state index in [2.05, 4.69) is 31.7 Å². The van der Waals surface area contributed by atoms with Crippen LogP contribution in [0.1, 0.15) is 53.7 Å². The second-order valence-electron chi connectivity index (χ2n) is 9.70. The number of hydrogen-bond donors (Lipinski definition) is 2. The fourth-order valence-electron chi connectivity index (χ4n) is 5.25. The molecule has 3 heterocycles. The Morgan fingerprint density at radius 3 is 2.74 bits per heavy atom. The van der Waals surface area contributed by atoms with E-state index in [0.717, 1.165) is 42.9 Å². The molecule has 1 aliphatic carbocycles. The zero-order chi connectivity index (χ0) is 24.4. The normalized spacial score (nSPS) is 16.2. The number of anilines is 3. The van der Waals surface area contributed by atoms with Crippen LogP contribution in [0.25, 0.3) is 0 Å². The minimum Gasteiger partial charge on any atom is -0.341 e. The number of carbonyl (C=O) groups is 2. The Bertz CT molecular complexity index is 1230. The molecule has 5 rings (SSSR count). The lowest BCUT2D eigenvalue weighted by Gasteiger charge is -2.22. The van der Waals surface area contributed by atoms with E-state index in [1.165, 1.54) is 18.4 Å². The van der Waals surface area contributed by atoms with Crippen LogP contribution in [0.2, 0.25) is 0 Å². The van der Waals surface area contributed by atoms with E-state index in [1.54, 1.807) is 24.1 Å². The van der Waals surface area contributed by atoms with Crippen LogP contribution in [0, 0.1) is 12.8 Å². The molecule has 1 aliphatic heterocycles. The van der Waals surface area contributed by atoms with E-state index < -0.39 is 6.04 Å². The molecule has 0 bridgehead atoms. The van der Waals surface area contributed by atoms with Gasteiger partial charge in [0, 0.05) is 48.6 Å². The molecule has 0 radical (unpaired) electrons. The van der Waals surface area contributed by atoms with Gasteiger partial charge in [-0.05, 0) is 55.5 Å². The Hall–Kier alpha value is -3.68. The van der Waals surface area contributed by atoms with Crippen molar-refractivity contribution in [1.29, 1.82) is 0 Å². The number of nitrogens with one attached hydrogen (secondary N) is 2. The number of hydrogen-bond acceptors (Lipinski definition) is 5. The predicted octanol–water partition coefficient (Wildman–Crippen LogP) is 4.14. The van der Waals surface area contributed by atoms with Crippen LogP contribution in [-0.2, 0) is 18.3 Å². The third kappa shape index (κ3) is 5.21. The number of benzene rings is 1. The number of pyridine rings is 1. The van der Waals surface area contributed by atoms with Crippen LogP contribution >= 0.6 is 0 Å². The van der Waals surface area contributed by atoms with E-state index in [0.29, 0.717) is 23.6 Å². The summed E-state index contributed by atoms with van der Waals surface area (Å²) in [4.78, 5) is 33.0. The quantitative estimate of drug-likeness (QED) is 0.539. The molecule has 3 aromatic rings. The number of fused-ring (bicyclic) bond motifs is 1. The molecule has 35 heavy (non-hydrogen) atoms. The maximum absolute atomic E-state index is 13.4. The summed E-state index contributed by atoms with van der Waals surface area (Å²) >= 11 is 0. The molecule has 2 N–H and O–H groups in total. The molecule has 2 aromatic heterocycles. The highest BCUT2D eigenvalue weighted by molar-refractivity contribution is 6.01. The third-order valence-corrected chi connectivity index (χ3v) is 7.07. The highest BCUT2D eigenvalue weighted by Crippen LogP contribution is 2.35. The Labute approximate surface area is 205 Å². The number of aryl methyl sites for hydroxylation is 2. The molecule has 0 spiro atoms. The maximum Gasteiger partial charge on any atom is 0.252 e. The van der Waals surface area contributed by atoms with Gasteiger partial charge >= 0.3 is 0 Å². The summed E-state index contributed by atoms with van der Waals surface area (Å²) in [5, 5.41) is 10.1. The van der Waals surface area contributed by atoms with E-state index in [9.17, 15) is 9.59 Å². The van der Waals surface area contributed by atoms with Gasteiger partial charge in [0.2, 0.25) is 5.91 Å². The Balaban J connectivity index is 1.34. The topological polar surface area (TPSA) is 92.2 Å².